The van der Waals surface area contributed by atoms with Gasteiger partial charge in [0, 0.05) is 43.6 Å². The second kappa shape index (κ2) is 9.13. The molecular weight excluding hydrogens is 346 g/mol. The average molecular weight is 376 g/mol. The van der Waals surface area contributed by atoms with Crippen molar-refractivity contribution in [3.05, 3.63) is 78.1 Å². The van der Waals surface area contributed by atoms with Crippen LogP contribution in [0.3, 0.4) is 0 Å². The monoisotopic (exact) mass is 375 g/mol. The second-order valence-corrected chi connectivity index (χ2v) is 7.79. The van der Waals surface area contributed by atoms with Crippen LogP contribution in [0.5, 0.6) is 0 Å². The number of hydrogen-bond acceptors (Lipinski definition) is 4. The summed E-state index contributed by atoms with van der Waals surface area (Å²) in [6.45, 7) is 7.65. The Morgan fingerprint density at radius 1 is 1.04 bits per heavy atom. The van der Waals surface area contributed by atoms with Gasteiger partial charge in [-0.25, -0.2) is 4.98 Å². The SMILES string of the molecule is Cc1cc(-n2ccnc2)ccc1CNCC1CCN(Cc2ccncc2)CC1. The van der Waals surface area contributed by atoms with Crippen molar-refractivity contribution in [2.75, 3.05) is 19.6 Å². The van der Waals surface area contributed by atoms with Crippen LogP contribution in [0.15, 0.2) is 61.4 Å². The van der Waals surface area contributed by atoms with E-state index in [1.807, 2.05) is 35.7 Å². The van der Waals surface area contributed by atoms with Gasteiger partial charge in [-0.1, -0.05) is 6.07 Å². The summed E-state index contributed by atoms with van der Waals surface area (Å²) in [5, 5.41) is 3.69. The van der Waals surface area contributed by atoms with Gasteiger partial charge in [-0.15, -0.1) is 0 Å². The molecule has 0 aliphatic carbocycles. The van der Waals surface area contributed by atoms with Crippen molar-refractivity contribution in [3.63, 3.8) is 0 Å². The molecule has 146 valence electrons. The number of rotatable bonds is 7. The Labute approximate surface area is 167 Å². The Morgan fingerprint density at radius 2 is 1.86 bits per heavy atom. The van der Waals surface area contributed by atoms with Gasteiger partial charge >= 0.3 is 0 Å². The molecule has 5 heteroatoms. The van der Waals surface area contributed by atoms with E-state index < -0.39 is 0 Å². The summed E-state index contributed by atoms with van der Waals surface area (Å²) in [5.74, 6) is 0.777. The molecule has 2 aromatic heterocycles. The van der Waals surface area contributed by atoms with Gasteiger partial charge in [-0.2, -0.15) is 0 Å². The lowest BCUT2D eigenvalue weighted by Crippen LogP contribution is -2.36. The molecule has 1 aliphatic heterocycles. The van der Waals surface area contributed by atoms with Gasteiger partial charge in [0.1, 0.15) is 0 Å². The largest absolute Gasteiger partial charge is 0.312 e. The number of imidazole rings is 1. The Morgan fingerprint density at radius 3 is 2.57 bits per heavy atom. The predicted molar refractivity (Wildman–Crippen MR) is 112 cm³/mol. The van der Waals surface area contributed by atoms with Crippen molar-refractivity contribution >= 4 is 0 Å². The Balaban J connectivity index is 1.21. The van der Waals surface area contributed by atoms with E-state index in [-0.39, 0.29) is 0 Å². The smallest absolute Gasteiger partial charge is 0.0991 e. The summed E-state index contributed by atoms with van der Waals surface area (Å²) in [6, 6.07) is 10.9. The molecule has 0 saturated carbocycles. The minimum Gasteiger partial charge on any atom is -0.312 e. The van der Waals surface area contributed by atoms with E-state index in [9.17, 15) is 0 Å². The third-order valence-electron chi connectivity index (χ3n) is 5.74. The Hall–Kier alpha value is -2.50. The van der Waals surface area contributed by atoms with Crippen LogP contribution in [0, 0.1) is 12.8 Å². The van der Waals surface area contributed by atoms with Crippen LogP contribution in [-0.4, -0.2) is 39.1 Å². The molecule has 1 aromatic carbocycles. The summed E-state index contributed by atoms with van der Waals surface area (Å²) in [6.07, 6.45) is 12.0. The molecule has 5 nitrogen and oxygen atoms in total. The number of likely N-dealkylation sites (tertiary alicyclic amines) is 1. The van der Waals surface area contributed by atoms with E-state index in [0.717, 1.165) is 25.6 Å². The molecule has 1 saturated heterocycles. The van der Waals surface area contributed by atoms with E-state index in [1.165, 1.54) is 48.3 Å². The van der Waals surface area contributed by atoms with Crippen LogP contribution in [-0.2, 0) is 13.1 Å². The lowest BCUT2D eigenvalue weighted by Gasteiger charge is -2.32. The number of aromatic nitrogens is 3. The molecule has 0 bridgehead atoms. The molecule has 0 atom stereocenters. The van der Waals surface area contributed by atoms with Gasteiger partial charge in [0.15, 0.2) is 0 Å². The highest BCUT2D eigenvalue weighted by molar-refractivity contribution is 5.40. The molecular formula is C23H29N5. The second-order valence-electron chi connectivity index (χ2n) is 7.79. The minimum atomic E-state index is 0.777. The summed E-state index contributed by atoms with van der Waals surface area (Å²) in [4.78, 5) is 10.8. The maximum absolute atomic E-state index is 4.13. The van der Waals surface area contributed by atoms with Crippen LogP contribution in [0.1, 0.15) is 29.5 Å². The van der Waals surface area contributed by atoms with E-state index in [2.05, 4.69) is 57.4 Å². The van der Waals surface area contributed by atoms with Crippen molar-refractivity contribution < 1.29 is 0 Å². The standard InChI is InChI=1S/C23H29N5/c1-19-14-23(28-13-10-25-18-28)3-2-22(19)16-26-15-20-6-11-27(12-7-20)17-21-4-8-24-9-5-21/h2-5,8-10,13-14,18,20,26H,6-7,11-12,15-17H2,1H3. The number of nitrogens with zero attached hydrogens (tertiary/aromatic N) is 4. The lowest BCUT2D eigenvalue weighted by molar-refractivity contribution is 0.175. The fourth-order valence-electron chi connectivity index (χ4n) is 3.96. The average Bonchev–Trinajstić information content (AvgIpc) is 3.26. The van der Waals surface area contributed by atoms with Crippen molar-refractivity contribution in [2.24, 2.45) is 5.92 Å². The number of benzene rings is 1. The molecule has 1 N–H and O–H groups in total. The van der Waals surface area contributed by atoms with Crippen molar-refractivity contribution in [1.82, 2.24) is 24.8 Å². The first kappa shape index (κ1) is 18.8. The normalized spacial score (nSPS) is 15.8. The molecule has 1 fully saturated rings. The number of pyridine rings is 1. The molecule has 0 radical (unpaired) electrons. The Bertz CT molecular complexity index is 852. The molecule has 3 aromatic rings. The highest BCUT2D eigenvalue weighted by atomic mass is 15.1. The lowest BCUT2D eigenvalue weighted by atomic mass is 9.96. The van der Waals surface area contributed by atoms with Gasteiger partial charge in [0.2, 0.25) is 0 Å². The topological polar surface area (TPSA) is 46.0 Å². The number of piperidine rings is 1. The third kappa shape index (κ3) is 4.86. The molecule has 4 rings (SSSR count). The van der Waals surface area contributed by atoms with Gasteiger partial charge < -0.3 is 9.88 Å². The van der Waals surface area contributed by atoms with Crippen LogP contribution in [0.25, 0.3) is 5.69 Å². The molecule has 0 amide bonds. The highest BCUT2D eigenvalue weighted by Gasteiger charge is 2.19. The quantitative estimate of drug-likeness (QED) is 0.686. The molecule has 0 unspecified atom stereocenters. The van der Waals surface area contributed by atoms with Crippen molar-refractivity contribution in [3.8, 4) is 5.69 Å². The number of nitrogens with one attached hydrogen (secondary N) is 1. The van der Waals surface area contributed by atoms with E-state index >= 15 is 0 Å². The van der Waals surface area contributed by atoms with Crippen LogP contribution in [0.4, 0.5) is 0 Å². The highest BCUT2D eigenvalue weighted by Crippen LogP contribution is 2.19. The predicted octanol–water partition coefficient (Wildman–Crippen LogP) is 3.58. The fourth-order valence-corrected chi connectivity index (χ4v) is 3.96. The van der Waals surface area contributed by atoms with Crippen molar-refractivity contribution in [2.45, 2.75) is 32.9 Å². The molecule has 1 aliphatic rings. The number of hydrogen-bond donors (Lipinski definition) is 1. The van der Waals surface area contributed by atoms with E-state index in [1.54, 1.807) is 0 Å². The molecule has 28 heavy (non-hydrogen) atoms. The number of aryl methyl sites for hydroxylation is 1. The van der Waals surface area contributed by atoms with Gasteiger partial charge in [0.05, 0.1) is 6.33 Å². The first-order valence-corrected chi connectivity index (χ1v) is 10.2. The van der Waals surface area contributed by atoms with Crippen molar-refractivity contribution in [1.29, 1.82) is 0 Å². The Kier molecular flexibility index (Phi) is 6.14. The van der Waals surface area contributed by atoms with Gasteiger partial charge in [-0.05, 0) is 86.3 Å². The summed E-state index contributed by atoms with van der Waals surface area (Å²) < 4.78 is 2.05. The zero-order chi connectivity index (χ0) is 19.2. The molecule has 3 heterocycles. The summed E-state index contributed by atoms with van der Waals surface area (Å²) in [5.41, 5.74) is 5.23. The third-order valence-corrected chi connectivity index (χ3v) is 5.74. The first-order valence-electron chi connectivity index (χ1n) is 10.2. The zero-order valence-electron chi connectivity index (χ0n) is 16.6. The van der Waals surface area contributed by atoms with Gasteiger partial charge in [-0.3, -0.25) is 9.88 Å². The zero-order valence-corrected chi connectivity index (χ0v) is 16.6. The first-order chi connectivity index (χ1) is 13.8. The maximum atomic E-state index is 4.13. The van der Waals surface area contributed by atoms with Gasteiger partial charge in [0.25, 0.3) is 0 Å². The maximum Gasteiger partial charge on any atom is 0.0991 e. The van der Waals surface area contributed by atoms with Crippen LogP contribution < -0.4 is 5.32 Å². The summed E-state index contributed by atoms with van der Waals surface area (Å²) in [7, 11) is 0. The minimum absolute atomic E-state index is 0.777. The van der Waals surface area contributed by atoms with Crippen LogP contribution >= 0.6 is 0 Å². The fraction of sp³-hybridized carbons (Fsp3) is 0.391. The van der Waals surface area contributed by atoms with Crippen LogP contribution in [0.2, 0.25) is 0 Å². The molecule has 0 spiro atoms. The van der Waals surface area contributed by atoms with E-state index in [0.29, 0.717) is 0 Å². The van der Waals surface area contributed by atoms with E-state index in [4.69, 9.17) is 0 Å². The summed E-state index contributed by atoms with van der Waals surface area (Å²) >= 11 is 0.